The van der Waals surface area contributed by atoms with Gasteiger partial charge in [0.05, 0.1) is 29.8 Å². The van der Waals surface area contributed by atoms with Crippen LogP contribution in [0.25, 0.3) is 28.3 Å². The first-order valence-electron chi connectivity index (χ1n) is 6.24. The molecule has 4 heterocycles. The molecule has 0 aromatic carbocycles. The summed E-state index contributed by atoms with van der Waals surface area (Å²) in [4.78, 5) is 8.60. The van der Waals surface area contributed by atoms with Crippen LogP contribution in [0.2, 0.25) is 0 Å². The smallest absolute Gasteiger partial charge is 0.219 e. The Labute approximate surface area is 118 Å². The van der Waals surface area contributed by atoms with Crippen LogP contribution in [0.4, 0.5) is 4.39 Å². The van der Waals surface area contributed by atoms with Crippen LogP contribution >= 0.6 is 0 Å². The molecule has 0 aliphatic carbocycles. The number of rotatable bonds is 2. The van der Waals surface area contributed by atoms with Gasteiger partial charge in [0, 0.05) is 31.1 Å². The van der Waals surface area contributed by atoms with Gasteiger partial charge in [0.2, 0.25) is 5.95 Å². The summed E-state index contributed by atoms with van der Waals surface area (Å²) in [5, 5.41) is 10.7. The second-order valence-electron chi connectivity index (χ2n) is 4.63. The molecule has 0 unspecified atom stereocenters. The molecule has 0 bridgehead atoms. The molecule has 0 radical (unpaired) electrons. The normalized spacial score (nSPS) is 11.3. The number of aromatic nitrogens is 7. The Bertz CT molecular complexity index is 919. The number of nitrogens with one attached hydrogen (secondary N) is 1. The molecule has 0 saturated carbocycles. The Morgan fingerprint density at radius 1 is 1.19 bits per heavy atom. The molecule has 4 aromatic heterocycles. The molecule has 7 nitrogen and oxygen atoms in total. The summed E-state index contributed by atoms with van der Waals surface area (Å²) in [5.41, 5.74) is 2.69. The third-order valence-electron chi connectivity index (χ3n) is 3.21. The number of H-pyrrole nitrogens is 1. The fourth-order valence-corrected chi connectivity index (χ4v) is 2.24. The average molecular weight is 283 g/mol. The second kappa shape index (κ2) is 4.23. The van der Waals surface area contributed by atoms with Crippen molar-refractivity contribution in [1.82, 2.24) is 34.3 Å². The highest BCUT2D eigenvalue weighted by Gasteiger charge is 2.15. The van der Waals surface area contributed by atoms with Crippen LogP contribution < -0.4 is 0 Å². The molecule has 4 rings (SSSR count). The predicted molar refractivity (Wildman–Crippen MR) is 72.7 cm³/mol. The molecule has 104 valence electrons. The molecule has 0 saturated heterocycles. The van der Waals surface area contributed by atoms with Gasteiger partial charge < -0.3 is 0 Å². The maximum Gasteiger partial charge on any atom is 0.219 e. The Morgan fingerprint density at radius 2 is 2.10 bits per heavy atom. The lowest BCUT2D eigenvalue weighted by molar-refractivity contribution is 0.572. The highest BCUT2D eigenvalue weighted by molar-refractivity contribution is 5.68. The van der Waals surface area contributed by atoms with Gasteiger partial charge in [-0.2, -0.15) is 14.6 Å². The van der Waals surface area contributed by atoms with Gasteiger partial charge in [-0.25, -0.2) is 9.97 Å². The van der Waals surface area contributed by atoms with Crippen molar-refractivity contribution in [2.45, 2.75) is 0 Å². The maximum absolute atomic E-state index is 14.0. The van der Waals surface area contributed by atoms with Gasteiger partial charge in [-0.3, -0.25) is 14.2 Å². The van der Waals surface area contributed by atoms with Gasteiger partial charge in [0.15, 0.2) is 5.82 Å². The van der Waals surface area contributed by atoms with Crippen LogP contribution in [0.1, 0.15) is 0 Å². The molecule has 1 N–H and O–H groups in total. The molecule has 0 spiro atoms. The third kappa shape index (κ3) is 1.80. The Balaban J connectivity index is 2.03. The van der Waals surface area contributed by atoms with Gasteiger partial charge >= 0.3 is 0 Å². The van der Waals surface area contributed by atoms with E-state index in [1.807, 2.05) is 13.2 Å². The Hall–Kier alpha value is -3.03. The topological polar surface area (TPSA) is 76.7 Å². The molecule has 8 heteroatoms. The first kappa shape index (κ1) is 11.8. The van der Waals surface area contributed by atoms with Crippen molar-refractivity contribution in [3.05, 3.63) is 43.0 Å². The number of hydrogen-bond acceptors (Lipinski definition) is 4. The fraction of sp³-hybridized carbons (Fsp3) is 0.0769. The van der Waals surface area contributed by atoms with Gasteiger partial charge in [-0.1, -0.05) is 0 Å². The number of halogens is 1. The van der Waals surface area contributed by atoms with E-state index >= 15 is 0 Å². The standard InChI is InChI=1S/C13H10FN7/c1-20-7-9(5-18-20)10-2-12-15-6-11(14)21(12)13(19-10)8-3-16-17-4-8/h2-7H,1H3,(H,16,17). The summed E-state index contributed by atoms with van der Waals surface area (Å²) < 4.78 is 17.0. The molecule has 0 aliphatic rings. The largest absolute Gasteiger partial charge is 0.285 e. The molecule has 0 atom stereocenters. The van der Waals surface area contributed by atoms with Gasteiger partial charge in [0.1, 0.15) is 5.65 Å². The van der Waals surface area contributed by atoms with Crippen molar-refractivity contribution >= 4 is 5.65 Å². The van der Waals surface area contributed by atoms with Crippen molar-refractivity contribution in [2.75, 3.05) is 0 Å². The van der Waals surface area contributed by atoms with Gasteiger partial charge in [-0.15, -0.1) is 0 Å². The minimum Gasteiger partial charge on any atom is -0.285 e. The molecular weight excluding hydrogens is 273 g/mol. The van der Waals surface area contributed by atoms with E-state index in [0.29, 0.717) is 22.7 Å². The van der Waals surface area contributed by atoms with E-state index < -0.39 is 5.95 Å². The molecular formula is C13H10FN7. The van der Waals surface area contributed by atoms with E-state index in [1.165, 1.54) is 10.6 Å². The number of fused-ring (bicyclic) bond motifs is 1. The first-order chi connectivity index (χ1) is 10.2. The second-order valence-corrected chi connectivity index (χ2v) is 4.63. The lowest BCUT2D eigenvalue weighted by atomic mass is 10.2. The van der Waals surface area contributed by atoms with Crippen molar-refractivity contribution < 1.29 is 4.39 Å². The monoisotopic (exact) mass is 283 g/mol. The summed E-state index contributed by atoms with van der Waals surface area (Å²) in [5.74, 6) is -0.0264. The fourth-order valence-electron chi connectivity index (χ4n) is 2.24. The zero-order valence-electron chi connectivity index (χ0n) is 11.0. The number of nitrogens with zero attached hydrogens (tertiary/aromatic N) is 6. The van der Waals surface area contributed by atoms with Crippen LogP contribution in [0, 0.1) is 5.95 Å². The zero-order valence-corrected chi connectivity index (χ0v) is 11.0. The predicted octanol–water partition coefficient (Wildman–Crippen LogP) is 1.66. The van der Waals surface area contributed by atoms with Crippen molar-refractivity contribution in [3.63, 3.8) is 0 Å². The summed E-state index contributed by atoms with van der Waals surface area (Å²) in [6, 6.07) is 1.73. The van der Waals surface area contributed by atoms with Gasteiger partial charge in [-0.05, 0) is 0 Å². The molecule has 21 heavy (non-hydrogen) atoms. The Morgan fingerprint density at radius 3 is 2.81 bits per heavy atom. The SMILES string of the molecule is Cn1cc(-c2cc3ncc(F)n3c(-c3cn[nH]c3)n2)cn1. The lowest BCUT2D eigenvalue weighted by Gasteiger charge is -2.05. The van der Waals surface area contributed by atoms with Gasteiger partial charge in [0.25, 0.3) is 0 Å². The van der Waals surface area contributed by atoms with E-state index in [1.54, 1.807) is 29.3 Å². The maximum atomic E-state index is 14.0. The van der Waals surface area contributed by atoms with Crippen molar-refractivity contribution in [3.8, 4) is 22.6 Å². The number of hydrogen-bond donors (Lipinski definition) is 1. The van der Waals surface area contributed by atoms with Crippen LogP contribution in [0.15, 0.2) is 37.1 Å². The minimum atomic E-state index is -0.466. The summed E-state index contributed by atoms with van der Waals surface area (Å²) in [6.45, 7) is 0. The first-order valence-corrected chi connectivity index (χ1v) is 6.24. The highest BCUT2D eigenvalue weighted by Crippen LogP contribution is 2.24. The van der Waals surface area contributed by atoms with Crippen LogP contribution in [0.3, 0.4) is 0 Å². The van der Waals surface area contributed by atoms with Crippen LogP contribution in [-0.2, 0) is 7.05 Å². The van der Waals surface area contributed by atoms with Crippen molar-refractivity contribution in [1.29, 1.82) is 0 Å². The van der Waals surface area contributed by atoms with E-state index in [2.05, 4.69) is 25.3 Å². The van der Waals surface area contributed by atoms with Crippen molar-refractivity contribution in [2.24, 2.45) is 7.05 Å². The zero-order chi connectivity index (χ0) is 14.4. The lowest BCUT2D eigenvalue weighted by Crippen LogP contribution is -1.99. The number of imidazole rings is 1. The van der Waals surface area contributed by atoms with E-state index in [9.17, 15) is 4.39 Å². The highest BCUT2D eigenvalue weighted by atomic mass is 19.1. The minimum absolute atomic E-state index is 0.440. The third-order valence-corrected chi connectivity index (χ3v) is 3.21. The summed E-state index contributed by atoms with van der Waals surface area (Å²) >= 11 is 0. The van der Waals surface area contributed by atoms with E-state index in [0.717, 1.165) is 5.56 Å². The quantitative estimate of drug-likeness (QED) is 0.607. The number of aryl methyl sites for hydroxylation is 1. The van der Waals surface area contributed by atoms with Crippen LogP contribution in [-0.4, -0.2) is 34.3 Å². The summed E-state index contributed by atoms with van der Waals surface area (Å²) in [7, 11) is 1.83. The van der Waals surface area contributed by atoms with Crippen LogP contribution in [0.5, 0.6) is 0 Å². The molecule has 0 aliphatic heterocycles. The molecule has 0 amide bonds. The average Bonchev–Trinajstić information content (AvgIpc) is 3.19. The molecule has 0 fully saturated rings. The molecule has 4 aromatic rings. The Kier molecular flexibility index (Phi) is 2.37. The summed E-state index contributed by atoms with van der Waals surface area (Å²) in [6.07, 6.45) is 7.98. The van der Waals surface area contributed by atoms with E-state index in [-0.39, 0.29) is 0 Å². The van der Waals surface area contributed by atoms with E-state index in [4.69, 9.17) is 0 Å². The number of aromatic amines is 1.